The molecule has 4 rings (SSSR count). The highest BCUT2D eigenvalue weighted by molar-refractivity contribution is 5.83. The Morgan fingerprint density at radius 1 is 1.03 bits per heavy atom. The number of alkyl carbamates (subject to hydrolysis) is 1. The highest BCUT2D eigenvalue weighted by Crippen LogP contribution is 2.44. The molecule has 0 bridgehead atoms. The van der Waals surface area contributed by atoms with Gasteiger partial charge in [-0.15, -0.1) is 0 Å². The van der Waals surface area contributed by atoms with Crippen LogP contribution in [0.2, 0.25) is 0 Å². The molecular formula is C26H30N2O5. The summed E-state index contributed by atoms with van der Waals surface area (Å²) in [6.07, 6.45) is 1.59. The van der Waals surface area contributed by atoms with Crippen LogP contribution >= 0.6 is 0 Å². The van der Waals surface area contributed by atoms with Crippen LogP contribution in [0.1, 0.15) is 43.2 Å². The Morgan fingerprint density at radius 2 is 1.61 bits per heavy atom. The first-order chi connectivity index (χ1) is 15.8. The van der Waals surface area contributed by atoms with Crippen molar-refractivity contribution < 1.29 is 24.2 Å². The highest BCUT2D eigenvalue weighted by atomic mass is 16.5. The Labute approximate surface area is 193 Å². The van der Waals surface area contributed by atoms with Gasteiger partial charge in [-0.2, -0.15) is 0 Å². The van der Waals surface area contributed by atoms with Crippen molar-refractivity contribution in [2.75, 3.05) is 20.2 Å². The Morgan fingerprint density at radius 3 is 2.18 bits per heavy atom. The quantitative estimate of drug-likeness (QED) is 0.637. The van der Waals surface area contributed by atoms with Crippen molar-refractivity contribution in [3.63, 3.8) is 0 Å². The molecule has 2 N–H and O–H groups in total. The third-order valence-electron chi connectivity index (χ3n) is 7.01. The topological polar surface area (TPSA) is 95.9 Å². The molecule has 7 nitrogen and oxygen atoms in total. The van der Waals surface area contributed by atoms with E-state index in [1.165, 1.54) is 41.1 Å². The molecule has 1 saturated carbocycles. The molecule has 2 aliphatic carbocycles. The third kappa shape index (κ3) is 4.87. The van der Waals surface area contributed by atoms with Crippen LogP contribution in [0.5, 0.6) is 0 Å². The van der Waals surface area contributed by atoms with Crippen molar-refractivity contribution in [3.05, 3.63) is 59.7 Å². The summed E-state index contributed by atoms with van der Waals surface area (Å²) < 4.78 is 5.56. The number of likely N-dealkylation sites (N-methyl/N-ethyl adjacent to an activating group) is 1. The summed E-state index contributed by atoms with van der Waals surface area (Å²) in [5, 5.41) is 11.9. The lowest BCUT2D eigenvalue weighted by Gasteiger charge is -2.36. The summed E-state index contributed by atoms with van der Waals surface area (Å²) in [6.45, 7) is 2.31. The van der Waals surface area contributed by atoms with Crippen LogP contribution in [-0.4, -0.2) is 54.2 Å². The molecule has 2 aromatic rings. The van der Waals surface area contributed by atoms with Gasteiger partial charge in [-0.1, -0.05) is 48.5 Å². The fourth-order valence-electron chi connectivity index (χ4n) is 4.86. The first kappa shape index (κ1) is 22.8. The van der Waals surface area contributed by atoms with Gasteiger partial charge in [-0.3, -0.25) is 4.79 Å². The predicted molar refractivity (Wildman–Crippen MR) is 124 cm³/mol. The number of fused-ring (bicyclic) bond motifs is 3. The van der Waals surface area contributed by atoms with Crippen molar-refractivity contribution in [2.24, 2.45) is 11.8 Å². The second-order valence-electron chi connectivity index (χ2n) is 9.13. The number of rotatable bonds is 8. The third-order valence-corrected chi connectivity index (χ3v) is 7.01. The zero-order chi connectivity index (χ0) is 23.5. The number of carbonyl (C=O) groups is 3. The van der Waals surface area contributed by atoms with Gasteiger partial charge in [0.05, 0.1) is 0 Å². The summed E-state index contributed by atoms with van der Waals surface area (Å²) in [6, 6.07) is 15.6. The average Bonchev–Trinajstić information content (AvgIpc) is 3.11. The largest absolute Gasteiger partial charge is 0.480 e. The number of benzene rings is 2. The molecule has 174 valence electrons. The monoisotopic (exact) mass is 450 g/mol. The van der Waals surface area contributed by atoms with Gasteiger partial charge in [0.15, 0.2) is 0 Å². The molecule has 2 amide bonds. The zero-order valence-corrected chi connectivity index (χ0v) is 19.0. The number of carbonyl (C=O) groups excluding carboxylic acids is 2. The summed E-state index contributed by atoms with van der Waals surface area (Å²) in [4.78, 5) is 36.8. The molecule has 1 fully saturated rings. The lowest BCUT2D eigenvalue weighted by Crippen LogP contribution is -2.43. The number of nitrogens with one attached hydrogen (secondary N) is 1. The average molecular weight is 451 g/mol. The number of carboxylic acid groups (broad SMARTS) is 1. The van der Waals surface area contributed by atoms with Gasteiger partial charge in [-0.05, 0) is 53.9 Å². The second-order valence-corrected chi connectivity index (χ2v) is 9.13. The first-order valence-electron chi connectivity index (χ1n) is 11.4. The predicted octanol–water partition coefficient (Wildman–Crippen LogP) is 3.87. The maximum atomic E-state index is 12.3. The molecule has 0 aliphatic heterocycles. The fourth-order valence-corrected chi connectivity index (χ4v) is 4.86. The Hall–Kier alpha value is -3.35. The number of amides is 2. The van der Waals surface area contributed by atoms with Crippen molar-refractivity contribution in [1.29, 1.82) is 0 Å². The van der Waals surface area contributed by atoms with E-state index in [-0.39, 0.29) is 24.3 Å². The van der Waals surface area contributed by atoms with Gasteiger partial charge >= 0.3 is 12.1 Å². The van der Waals surface area contributed by atoms with Crippen molar-refractivity contribution >= 4 is 18.0 Å². The van der Waals surface area contributed by atoms with E-state index in [1.807, 2.05) is 24.3 Å². The number of aliphatic carboxylic acids is 1. The fraction of sp³-hybridized carbons (Fsp3) is 0.423. The number of ether oxygens (including phenoxy) is 1. The summed E-state index contributed by atoms with van der Waals surface area (Å²) >= 11 is 0. The molecule has 0 heterocycles. The molecule has 2 aliphatic rings. The van der Waals surface area contributed by atoms with E-state index in [1.54, 1.807) is 0 Å². The van der Waals surface area contributed by atoms with Gasteiger partial charge in [0.25, 0.3) is 0 Å². The second kappa shape index (κ2) is 9.65. The van der Waals surface area contributed by atoms with Crippen molar-refractivity contribution in [1.82, 2.24) is 10.2 Å². The Kier molecular flexibility index (Phi) is 6.67. The van der Waals surface area contributed by atoms with Crippen LogP contribution < -0.4 is 5.32 Å². The molecule has 0 unspecified atom stereocenters. The van der Waals surface area contributed by atoms with Crippen LogP contribution in [0.4, 0.5) is 4.79 Å². The van der Waals surface area contributed by atoms with Gasteiger partial charge in [-0.25, -0.2) is 9.59 Å². The van der Waals surface area contributed by atoms with E-state index in [0.717, 1.165) is 12.8 Å². The molecular weight excluding hydrogens is 420 g/mol. The van der Waals surface area contributed by atoms with Crippen LogP contribution in [0.15, 0.2) is 48.5 Å². The smallest absolute Gasteiger partial charge is 0.407 e. The van der Waals surface area contributed by atoms with Crippen LogP contribution in [-0.2, 0) is 14.3 Å². The molecule has 0 radical (unpaired) electrons. The van der Waals surface area contributed by atoms with Crippen LogP contribution in [0.3, 0.4) is 0 Å². The highest BCUT2D eigenvalue weighted by Gasteiger charge is 2.33. The van der Waals surface area contributed by atoms with Gasteiger partial charge in [0.2, 0.25) is 5.91 Å². The minimum atomic E-state index is -1.01. The number of hydrogen-bond donors (Lipinski definition) is 2. The lowest BCUT2D eigenvalue weighted by molar-refractivity contribution is -0.149. The van der Waals surface area contributed by atoms with Crippen molar-refractivity contribution in [3.8, 4) is 11.1 Å². The summed E-state index contributed by atoms with van der Waals surface area (Å²) in [5.41, 5.74) is 4.75. The first-order valence-corrected chi connectivity index (χ1v) is 11.4. The maximum Gasteiger partial charge on any atom is 0.407 e. The van der Waals surface area contributed by atoms with E-state index in [0.29, 0.717) is 18.9 Å². The molecule has 0 spiro atoms. The maximum absolute atomic E-state index is 12.3. The minimum absolute atomic E-state index is 0.0347. The van der Waals surface area contributed by atoms with E-state index in [9.17, 15) is 14.4 Å². The lowest BCUT2D eigenvalue weighted by atomic mass is 9.73. The molecule has 0 aromatic heterocycles. The zero-order valence-electron chi connectivity index (χ0n) is 19.0. The minimum Gasteiger partial charge on any atom is -0.480 e. The van der Waals surface area contributed by atoms with E-state index in [4.69, 9.17) is 9.84 Å². The van der Waals surface area contributed by atoms with Crippen molar-refractivity contribution in [2.45, 2.75) is 38.1 Å². The Bertz CT molecular complexity index is 1000. The number of nitrogens with zero attached hydrogens (tertiary/aromatic N) is 1. The Balaban J connectivity index is 1.20. The normalized spacial score (nSPS) is 19.6. The van der Waals surface area contributed by atoms with Gasteiger partial charge in [0.1, 0.15) is 12.6 Å². The van der Waals surface area contributed by atoms with E-state index < -0.39 is 18.1 Å². The molecule has 7 heteroatoms. The standard InChI is InChI=1S/C26H30N2O5/c1-16(25(30)31)28(2)24(29)13-17-11-18(12-17)14-27-26(32)33-15-23-21-9-5-3-7-19(21)20-8-4-6-10-22(20)23/h3-10,16-18,23H,11-15H2,1-2H3,(H,27,32)(H,30,31)/t16-,17?,18?/m0/s1. The summed E-state index contributed by atoms with van der Waals surface area (Å²) in [7, 11) is 1.52. The number of carboxylic acids is 1. The van der Waals surface area contributed by atoms with Crippen LogP contribution in [0, 0.1) is 11.8 Å². The molecule has 1 atom stereocenters. The SMILES string of the molecule is C[C@@H](C(=O)O)N(C)C(=O)CC1CC(CNC(=O)OCC2c3ccccc3-c3ccccc32)C1. The molecule has 2 aromatic carbocycles. The molecule has 33 heavy (non-hydrogen) atoms. The van der Waals surface area contributed by atoms with E-state index in [2.05, 4.69) is 29.6 Å². The number of hydrogen-bond acceptors (Lipinski definition) is 4. The van der Waals surface area contributed by atoms with Crippen LogP contribution in [0.25, 0.3) is 11.1 Å². The van der Waals surface area contributed by atoms with Gasteiger partial charge < -0.3 is 20.1 Å². The van der Waals surface area contributed by atoms with Gasteiger partial charge in [0, 0.05) is 25.9 Å². The molecule has 0 saturated heterocycles. The van der Waals surface area contributed by atoms with E-state index >= 15 is 0 Å². The summed E-state index contributed by atoms with van der Waals surface area (Å²) in [5.74, 6) is -0.587.